The average molecular weight is 750 g/mol. The number of nitrogens with zero attached hydrogens (tertiary/aromatic N) is 1. The molecule has 0 radical (unpaired) electrons. The van der Waals surface area contributed by atoms with Gasteiger partial charge in [0.2, 0.25) is 0 Å². The van der Waals surface area contributed by atoms with Crippen molar-refractivity contribution < 1.29 is 4.74 Å². The Morgan fingerprint density at radius 3 is 1.77 bits per heavy atom. The molecule has 2 nitrogen and oxygen atoms in total. The van der Waals surface area contributed by atoms with Gasteiger partial charge in [-0.25, -0.2) is 0 Å². The van der Waals surface area contributed by atoms with E-state index in [1.165, 1.54) is 58.0 Å². The van der Waals surface area contributed by atoms with E-state index in [0.717, 1.165) is 34.1 Å². The Bertz CT molecular complexity index is 2870. The van der Waals surface area contributed by atoms with E-state index in [9.17, 15) is 0 Å². The Morgan fingerprint density at radius 1 is 0.393 bits per heavy atom. The van der Waals surface area contributed by atoms with Crippen LogP contribution in [0, 0.1) is 0 Å². The van der Waals surface area contributed by atoms with Crippen LogP contribution in [0.4, 0.5) is 17.1 Å². The Kier molecular flexibility index (Phi) is 7.80. The molecule has 0 aromatic heterocycles. The fraction of sp³-hybridized carbons (Fsp3) is 0. The third-order valence-electron chi connectivity index (χ3n) is 11.4. The van der Waals surface area contributed by atoms with E-state index in [0.29, 0.717) is 0 Å². The molecule has 0 amide bonds. The molecule has 264 valence electrons. The van der Waals surface area contributed by atoms with Crippen LogP contribution in [0.15, 0.2) is 222 Å². The van der Waals surface area contributed by atoms with Crippen molar-refractivity contribution in [3.63, 3.8) is 0 Å². The van der Waals surface area contributed by atoms with Crippen LogP contribution in [0.1, 0.15) is 0 Å². The number of para-hydroxylation sites is 2. The number of ether oxygens (including phenoxy) is 1. The topological polar surface area (TPSA) is 12.5 Å². The molecule has 0 unspecified atom stereocenters. The minimum atomic E-state index is -2.76. The molecule has 0 saturated carbocycles. The summed E-state index contributed by atoms with van der Waals surface area (Å²) in [5.74, 6) is 1.86. The monoisotopic (exact) mass is 749 g/mol. The molecule has 9 aromatic rings. The molecule has 2 heterocycles. The molecule has 0 aliphatic carbocycles. The fourth-order valence-electron chi connectivity index (χ4n) is 8.97. The second-order valence-corrected chi connectivity index (χ2v) is 19.2. The predicted octanol–water partition coefficient (Wildman–Crippen LogP) is 11.6. The van der Waals surface area contributed by atoms with Gasteiger partial charge in [-0.05, 0) is 90.7 Å². The van der Waals surface area contributed by atoms with Crippen molar-refractivity contribution in [1.82, 2.24) is 0 Å². The van der Waals surface area contributed by atoms with Gasteiger partial charge in [0.1, 0.15) is 11.5 Å². The molecular weight excluding hydrogens is 715 g/mol. The van der Waals surface area contributed by atoms with Crippen LogP contribution in [0.2, 0.25) is 0 Å². The summed E-state index contributed by atoms with van der Waals surface area (Å²) in [5.41, 5.74) is 7.96. The fourth-order valence-corrected chi connectivity index (χ4v) is 16.1. The molecule has 2 aliphatic heterocycles. The van der Waals surface area contributed by atoms with Gasteiger partial charge in [-0.15, -0.1) is 0 Å². The lowest BCUT2D eigenvalue weighted by atomic mass is 9.97. The predicted molar refractivity (Wildman–Crippen MR) is 237 cm³/mol. The summed E-state index contributed by atoms with van der Waals surface area (Å²) in [7, 11) is -2.76. The first-order chi connectivity index (χ1) is 27.8. The minimum Gasteiger partial charge on any atom is -0.457 e. The number of rotatable bonds is 5. The molecule has 11 rings (SSSR count). The first-order valence-corrected chi connectivity index (χ1v) is 21.9. The van der Waals surface area contributed by atoms with Crippen LogP contribution >= 0.6 is 11.8 Å². The van der Waals surface area contributed by atoms with Crippen LogP contribution < -0.4 is 30.4 Å². The highest BCUT2D eigenvalue weighted by atomic mass is 32.2. The number of benzene rings is 9. The number of fused-ring (bicyclic) bond motifs is 9. The molecule has 0 saturated heterocycles. The minimum absolute atomic E-state index is 0.916. The van der Waals surface area contributed by atoms with E-state index in [2.05, 4.69) is 217 Å². The summed E-state index contributed by atoms with van der Waals surface area (Å²) < 4.78 is 7.03. The molecular formula is C52H35NOSSi. The molecule has 9 aromatic carbocycles. The molecule has 0 fully saturated rings. The molecule has 0 atom stereocenters. The Balaban J connectivity index is 1.13. The summed E-state index contributed by atoms with van der Waals surface area (Å²) >= 11 is 1.89. The van der Waals surface area contributed by atoms with Crippen LogP contribution in [0.25, 0.3) is 33.0 Å². The highest BCUT2D eigenvalue weighted by Crippen LogP contribution is 2.44. The highest BCUT2D eigenvalue weighted by molar-refractivity contribution is 8.00. The first-order valence-electron chi connectivity index (χ1n) is 19.1. The van der Waals surface area contributed by atoms with Gasteiger partial charge in [0.25, 0.3) is 0 Å². The van der Waals surface area contributed by atoms with E-state index >= 15 is 0 Å². The number of anilines is 3. The summed E-state index contributed by atoms with van der Waals surface area (Å²) in [4.78, 5) is 5.05. The van der Waals surface area contributed by atoms with Crippen molar-refractivity contribution in [2.45, 2.75) is 9.79 Å². The van der Waals surface area contributed by atoms with Crippen LogP contribution in [0.5, 0.6) is 11.5 Å². The van der Waals surface area contributed by atoms with E-state index in [1.54, 1.807) is 0 Å². The average Bonchev–Trinajstić information content (AvgIpc) is 3.27. The quantitative estimate of drug-likeness (QED) is 0.163. The van der Waals surface area contributed by atoms with Crippen molar-refractivity contribution in [2.24, 2.45) is 0 Å². The summed E-state index contributed by atoms with van der Waals surface area (Å²) in [6, 6.07) is 77.4. The van der Waals surface area contributed by atoms with Gasteiger partial charge < -0.3 is 9.64 Å². The van der Waals surface area contributed by atoms with Gasteiger partial charge in [-0.2, -0.15) is 0 Å². The van der Waals surface area contributed by atoms with E-state index in [-0.39, 0.29) is 0 Å². The zero-order valence-corrected chi connectivity index (χ0v) is 32.3. The standard InChI is InChI=1S/C52H35NOSSi/c1-2-15-37(16-3-1)43-20-6-7-22-44(43)53(39-31-29-38(30-32-39)42-21-14-18-36-17-4-5-19-41(36)42)40-33-34-50-46(35-40)54-45-23-8-11-26-49(45)56(50)51-27-12-9-24-47(51)55-48-25-10-13-28-52(48)56/h1-35H. The lowest BCUT2D eigenvalue weighted by molar-refractivity contribution is 0.487. The van der Waals surface area contributed by atoms with Crippen molar-refractivity contribution >= 4 is 68.4 Å². The van der Waals surface area contributed by atoms with Gasteiger partial charge in [-0.1, -0.05) is 176 Å². The van der Waals surface area contributed by atoms with Crippen LogP contribution in [-0.4, -0.2) is 8.07 Å². The number of hydrogen-bond acceptors (Lipinski definition) is 3. The third kappa shape index (κ3) is 5.11. The van der Waals surface area contributed by atoms with Gasteiger partial charge >= 0.3 is 0 Å². The Labute approximate surface area is 332 Å². The maximum atomic E-state index is 7.03. The summed E-state index contributed by atoms with van der Waals surface area (Å²) in [5, 5.41) is 7.92. The highest BCUT2D eigenvalue weighted by Gasteiger charge is 2.52. The van der Waals surface area contributed by atoms with E-state index in [1.807, 2.05) is 11.8 Å². The molecule has 0 bridgehead atoms. The first kappa shape index (κ1) is 32.8. The largest absolute Gasteiger partial charge is 0.457 e. The van der Waals surface area contributed by atoms with Crippen LogP contribution in [0.3, 0.4) is 0 Å². The van der Waals surface area contributed by atoms with E-state index < -0.39 is 8.07 Å². The lowest BCUT2D eigenvalue weighted by Gasteiger charge is -2.43. The zero-order valence-electron chi connectivity index (χ0n) is 30.5. The second-order valence-electron chi connectivity index (χ2n) is 14.4. The van der Waals surface area contributed by atoms with Gasteiger partial charge in [0.05, 0.1) is 5.69 Å². The van der Waals surface area contributed by atoms with Crippen LogP contribution in [-0.2, 0) is 0 Å². The molecule has 0 N–H and O–H groups in total. The van der Waals surface area contributed by atoms with Crippen molar-refractivity contribution in [2.75, 3.05) is 4.90 Å². The number of hydrogen-bond donors (Lipinski definition) is 0. The smallest absolute Gasteiger partial charge is 0.190 e. The zero-order chi connectivity index (χ0) is 37.1. The molecule has 4 heteroatoms. The maximum absolute atomic E-state index is 7.03. The molecule has 56 heavy (non-hydrogen) atoms. The normalized spacial score (nSPS) is 13.2. The molecule has 1 spiro atoms. The van der Waals surface area contributed by atoms with Crippen molar-refractivity contribution in [1.29, 1.82) is 0 Å². The molecule has 2 aliphatic rings. The summed E-state index contributed by atoms with van der Waals surface area (Å²) in [6.45, 7) is 0. The summed E-state index contributed by atoms with van der Waals surface area (Å²) in [6.07, 6.45) is 0. The van der Waals surface area contributed by atoms with Crippen molar-refractivity contribution in [3.8, 4) is 33.8 Å². The lowest BCUT2D eigenvalue weighted by Crippen LogP contribution is -2.77. The third-order valence-corrected chi connectivity index (χ3v) is 17.8. The SMILES string of the molecule is c1ccc(-c2ccccc2N(c2ccc(-c3cccc4ccccc34)cc2)c2ccc3c(c2)Oc2ccccc2[Si]32c3ccccc3Sc3ccccc32)cc1. The van der Waals surface area contributed by atoms with Gasteiger partial charge in [0, 0.05) is 32.8 Å². The van der Waals surface area contributed by atoms with Gasteiger partial charge in [-0.3, -0.25) is 0 Å². The Hall–Kier alpha value is -6.59. The Morgan fingerprint density at radius 2 is 0.964 bits per heavy atom. The van der Waals surface area contributed by atoms with Crippen molar-refractivity contribution in [3.05, 3.63) is 212 Å². The van der Waals surface area contributed by atoms with Gasteiger partial charge in [0.15, 0.2) is 8.07 Å². The second kappa shape index (κ2) is 13.3. The maximum Gasteiger partial charge on any atom is 0.190 e. The van der Waals surface area contributed by atoms with E-state index in [4.69, 9.17) is 4.74 Å².